The van der Waals surface area contributed by atoms with Gasteiger partial charge in [-0.05, 0) is 75.0 Å². The van der Waals surface area contributed by atoms with Gasteiger partial charge in [0.25, 0.3) is 0 Å². The number of esters is 1. The molecule has 0 amide bonds. The zero-order valence-corrected chi connectivity index (χ0v) is 15.9. The second-order valence-corrected chi connectivity index (χ2v) is 7.15. The Bertz CT molecular complexity index is 717. The maximum atomic E-state index is 11.8. The molecule has 0 aliphatic heterocycles. The molecule has 0 saturated heterocycles. The molecular formula is C15H13Br2NO3S. The quantitative estimate of drug-likeness (QED) is 0.517. The first kappa shape index (κ1) is 17.2. The largest absolute Gasteiger partial charge is 0.506 e. The van der Waals surface area contributed by atoms with Gasteiger partial charge in [0.15, 0.2) is 0 Å². The molecule has 0 atom stereocenters. The van der Waals surface area contributed by atoms with Gasteiger partial charge < -0.3 is 9.84 Å². The molecule has 22 heavy (non-hydrogen) atoms. The van der Waals surface area contributed by atoms with E-state index in [-0.39, 0.29) is 11.7 Å². The number of rotatable bonds is 4. The molecule has 1 aromatic carbocycles. The Morgan fingerprint density at radius 2 is 2.00 bits per heavy atom. The van der Waals surface area contributed by atoms with Gasteiger partial charge in [-0.15, -0.1) is 11.3 Å². The Kier molecular flexibility index (Phi) is 5.77. The number of aromatic hydroxyl groups is 1. The standard InChI is InChI=1S/C15H13Br2NO3S/c1-3-21-15(20)14-8(2)4-12(22-14)18-7-9-5-10(16)13(19)11(17)6-9/h4-7,19H,3H2,1-2H3. The number of halogens is 2. The minimum atomic E-state index is -0.318. The summed E-state index contributed by atoms with van der Waals surface area (Å²) in [6.07, 6.45) is 1.68. The number of hydrogen-bond acceptors (Lipinski definition) is 5. The average Bonchev–Trinajstić information content (AvgIpc) is 2.84. The van der Waals surface area contributed by atoms with Crippen molar-refractivity contribution in [2.45, 2.75) is 13.8 Å². The molecule has 1 heterocycles. The zero-order valence-electron chi connectivity index (χ0n) is 11.9. The molecule has 0 spiro atoms. The summed E-state index contributed by atoms with van der Waals surface area (Å²) >= 11 is 7.84. The lowest BCUT2D eigenvalue weighted by Gasteiger charge is -2.01. The number of aryl methyl sites for hydroxylation is 1. The molecule has 0 bridgehead atoms. The highest BCUT2D eigenvalue weighted by atomic mass is 79.9. The van der Waals surface area contributed by atoms with Crippen LogP contribution in [0.5, 0.6) is 5.75 Å². The SMILES string of the molecule is CCOC(=O)c1sc(N=Cc2cc(Br)c(O)c(Br)c2)cc1C. The van der Waals surface area contributed by atoms with Gasteiger partial charge >= 0.3 is 5.97 Å². The fourth-order valence-corrected chi connectivity index (χ4v) is 3.86. The molecule has 0 saturated carbocycles. The van der Waals surface area contributed by atoms with E-state index in [4.69, 9.17) is 4.74 Å². The van der Waals surface area contributed by atoms with Crippen LogP contribution in [-0.2, 0) is 4.74 Å². The third kappa shape index (κ3) is 3.97. The van der Waals surface area contributed by atoms with Crippen molar-refractivity contribution in [1.82, 2.24) is 0 Å². The molecule has 0 fully saturated rings. The number of phenolic OH excluding ortho intramolecular Hbond substituents is 1. The maximum absolute atomic E-state index is 11.8. The molecule has 0 radical (unpaired) electrons. The fraction of sp³-hybridized carbons (Fsp3) is 0.200. The van der Waals surface area contributed by atoms with E-state index in [0.717, 1.165) is 16.1 Å². The van der Waals surface area contributed by atoms with E-state index in [9.17, 15) is 9.90 Å². The van der Waals surface area contributed by atoms with Crippen LogP contribution in [0.1, 0.15) is 27.7 Å². The summed E-state index contributed by atoms with van der Waals surface area (Å²) in [6.45, 7) is 3.99. The molecule has 7 heteroatoms. The van der Waals surface area contributed by atoms with E-state index in [1.165, 1.54) is 11.3 Å². The number of ether oxygens (including phenoxy) is 1. The van der Waals surface area contributed by atoms with Crippen LogP contribution < -0.4 is 0 Å². The van der Waals surface area contributed by atoms with Crippen LogP contribution in [0.15, 0.2) is 32.1 Å². The van der Waals surface area contributed by atoms with Crippen molar-refractivity contribution >= 4 is 60.4 Å². The minimum Gasteiger partial charge on any atom is -0.506 e. The predicted octanol–water partition coefficient (Wildman–Crippen LogP) is 5.21. The van der Waals surface area contributed by atoms with Crippen LogP contribution in [0.2, 0.25) is 0 Å². The lowest BCUT2D eigenvalue weighted by Crippen LogP contribution is -2.03. The number of benzene rings is 1. The highest BCUT2D eigenvalue weighted by Crippen LogP contribution is 2.33. The van der Waals surface area contributed by atoms with Gasteiger partial charge in [-0.2, -0.15) is 0 Å². The highest BCUT2D eigenvalue weighted by Gasteiger charge is 2.14. The first-order chi connectivity index (χ1) is 10.4. The first-order valence-corrected chi connectivity index (χ1v) is 8.82. The molecule has 0 unspecified atom stereocenters. The number of carbonyl (C=O) groups is 1. The van der Waals surface area contributed by atoms with Crippen molar-refractivity contribution < 1.29 is 14.6 Å². The second kappa shape index (κ2) is 7.39. The normalized spacial score (nSPS) is 11.1. The molecular weight excluding hydrogens is 434 g/mol. The van der Waals surface area contributed by atoms with Crippen LogP contribution >= 0.6 is 43.2 Å². The van der Waals surface area contributed by atoms with Gasteiger partial charge in [0.2, 0.25) is 0 Å². The zero-order chi connectivity index (χ0) is 16.3. The molecule has 4 nitrogen and oxygen atoms in total. The third-order valence-corrected chi connectivity index (χ3v) is 5.08. The Morgan fingerprint density at radius 3 is 2.59 bits per heavy atom. The lowest BCUT2D eigenvalue weighted by atomic mass is 10.2. The van der Waals surface area contributed by atoms with E-state index < -0.39 is 0 Å². The van der Waals surface area contributed by atoms with E-state index >= 15 is 0 Å². The van der Waals surface area contributed by atoms with Crippen LogP contribution in [-0.4, -0.2) is 23.9 Å². The summed E-state index contributed by atoms with van der Waals surface area (Å²) in [5, 5.41) is 10.4. The summed E-state index contributed by atoms with van der Waals surface area (Å²) in [5.41, 5.74) is 1.67. The minimum absolute atomic E-state index is 0.147. The lowest BCUT2D eigenvalue weighted by molar-refractivity contribution is 0.0531. The van der Waals surface area contributed by atoms with Crippen molar-refractivity contribution in [3.8, 4) is 5.75 Å². The van der Waals surface area contributed by atoms with Crippen molar-refractivity contribution in [3.05, 3.63) is 43.1 Å². The van der Waals surface area contributed by atoms with Gasteiger partial charge in [0.05, 0.1) is 15.6 Å². The second-order valence-electron chi connectivity index (χ2n) is 4.41. The van der Waals surface area contributed by atoms with Crippen LogP contribution in [0.3, 0.4) is 0 Å². The fourth-order valence-electron chi connectivity index (χ4n) is 1.73. The van der Waals surface area contributed by atoms with Gasteiger partial charge in [-0.3, -0.25) is 0 Å². The topological polar surface area (TPSA) is 58.9 Å². The summed E-state index contributed by atoms with van der Waals surface area (Å²) < 4.78 is 6.17. The van der Waals surface area contributed by atoms with Crippen molar-refractivity contribution in [2.75, 3.05) is 6.61 Å². The third-order valence-electron chi connectivity index (χ3n) is 2.75. The first-order valence-electron chi connectivity index (χ1n) is 6.42. The summed E-state index contributed by atoms with van der Waals surface area (Å²) in [5.74, 6) is -0.171. The number of aliphatic imine (C=N–C) groups is 1. The smallest absolute Gasteiger partial charge is 0.348 e. The molecule has 1 N–H and O–H groups in total. The average molecular weight is 447 g/mol. The Morgan fingerprint density at radius 1 is 1.36 bits per heavy atom. The Balaban J connectivity index is 2.24. The van der Waals surface area contributed by atoms with E-state index in [1.807, 2.05) is 13.0 Å². The predicted molar refractivity (Wildman–Crippen MR) is 95.8 cm³/mol. The number of phenols is 1. The Hall–Kier alpha value is -1.18. The molecule has 0 aliphatic rings. The van der Waals surface area contributed by atoms with E-state index in [1.54, 1.807) is 25.3 Å². The van der Waals surface area contributed by atoms with E-state index in [0.29, 0.717) is 20.4 Å². The monoisotopic (exact) mass is 445 g/mol. The number of hydrogen-bond donors (Lipinski definition) is 1. The van der Waals surface area contributed by atoms with Gasteiger partial charge in [-0.25, -0.2) is 9.79 Å². The highest BCUT2D eigenvalue weighted by molar-refractivity contribution is 9.11. The van der Waals surface area contributed by atoms with Gasteiger partial charge in [0.1, 0.15) is 15.6 Å². The maximum Gasteiger partial charge on any atom is 0.348 e. The van der Waals surface area contributed by atoms with Gasteiger partial charge in [-0.1, -0.05) is 0 Å². The van der Waals surface area contributed by atoms with Crippen LogP contribution in [0.4, 0.5) is 5.00 Å². The van der Waals surface area contributed by atoms with E-state index in [2.05, 4.69) is 36.9 Å². The van der Waals surface area contributed by atoms with Crippen molar-refractivity contribution in [1.29, 1.82) is 0 Å². The van der Waals surface area contributed by atoms with Crippen molar-refractivity contribution in [3.63, 3.8) is 0 Å². The number of carbonyl (C=O) groups excluding carboxylic acids is 1. The summed E-state index contributed by atoms with van der Waals surface area (Å²) in [4.78, 5) is 16.7. The molecule has 0 aliphatic carbocycles. The molecule has 2 aromatic rings. The van der Waals surface area contributed by atoms with Crippen LogP contribution in [0.25, 0.3) is 0 Å². The van der Waals surface area contributed by atoms with Gasteiger partial charge in [0, 0.05) is 6.21 Å². The van der Waals surface area contributed by atoms with Crippen LogP contribution in [0, 0.1) is 6.92 Å². The van der Waals surface area contributed by atoms with Crippen molar-refractivity contribution in [2.24, 2.45) is 4.99 Å². The number of nitrogens with zero attached hydrogens (tertiary/aromatic N) is 1. The molecule has 116 valence electrons. The molecule has 1 aromatic heterocycles. The Labute approximate surface area is 149 Å². The number of thiophene rings is 1. The summed E-state index contributed by atoms with van der Waals surface area (Å²) in [6, 6.07) is 5.37. The summed E-state index contributed by atoms with van der Waals surface area (Å²) in [7, 11) is 0. The molecule has 2 rings (SSSR count).